The Bertz CT molecular complexity index is 2220. The van der Waals surface area contributed by atoms with Gasteiger partial charge in [0.15, 0.2) is 0 Å². The number of nitrogens with two attached hydrogens (primary N) is 1. The lowest BCUT2D eigenvalue weighted by Gasteiger charge is -2.30. The number of alkyl halides is 1. The molecular formula is C36H33F2N5O5S. The maximum absolute atomic E-state index is 14.9. The van der Waals surface area contributed by atoms with Crippen LogP contribution in [0.3, 0.4) is 0 Å². The number of halogens is 2. The lowest BCUT2D eigenvalue weighted by atomic mass is 9.81. The monoisotopic (exact) mass is 685 g/mol. The number of pyridine rings is 1. The molecule has 49 heavy (non-hydrogen) atoms. The van der Waals surface area contributed by atoms with Crippen LogP contribution in [0.2, 0.25) is 0 Å². The van der Waals surface area contributed by atoms with Crippen LogP contribution >= 0.6 is 11.3 Å². The lowest BCUT2D eigenvalue weighted by molar-refractivity contribution is -0.123. The zero-order valence-electron chi connectivity index (χ0n) is 26.6. The van der Waals surface area contributed by atoms with Gasteiger partial charge in [0.25, 0.3) is 5.91 Å². The van der Waals surface area contributed by atoms with Gasteiger partial charge in [-0.05, 0) is 62.8 Å². The number of fused-ring (bicyclic) bond motifs is 3. The van der Waals surface area contributed by atoms with Crippen LogP contribution < -0.4 is 20.5 Å². The number of carbonyl (C=O) groups is 2. The molecule has 4 aliphatic rings. The predicted molar refractivity (Wildman–Crippen MR) is 178 cm³/mol. The SMILES string of the molecule is C[C@]1(C(N)=O)COc2c1cc([C@@](O)(CNC(=O)c1cc(OC3CC3)c3nn(C4(F)CC4)cc3c1)C1CC1)nc2-c1csc2c(F)cccc12. The summed E-state index contributed by atoms with van der Waals surface area (Å²) in [7, 11) is 0. The van der Waals surface area contributed by atoms with Crippen LogP contribution in [0.15, 0.2) is 48.0 Å². The number of aromatic nitrogens is 3. The third-order valence-corrected chi connectivity index (χ3v) is 11.4. The zero-order chi connectivity index (χ0) is 33.9. The van der Waals surface area contributed by atoms with Crippen molar-refractivity contribution in [2.24, 2.45) is 11.7 Å². The van der Waals surface area contributed by atoms with E-state index in [9.17, 15) is 23.5 Å². The van der Waals surface area contributed by atoms with Gasteiger partial charge in [-0.1, -0.05) is 12.1 Å². The minimum Gasteiger partial charge on any atom is -0.489 e. The second-order valence-corrected chi connectivity index (χ2v) is 15.0. The molecule has 0 spiro atoms. The molecule has 2 aromatic carbocycles. The highest BCUT2D eigenvalue weighted by molar-refractivity contribution is 7.17. The van der Waals surface area contributed by atoms with Crippen molar-refractivity contribution in [2.75, 3.05) is 13.2 Å². The summed E-state index contributed by atoms with van der Waals surface area (Å²) in [4.78, 5) is 31.5. The molecule has 2 amide bonds. The van der Waals surface area contributed by atoms with E-state index >= 15 is 0 Å². The first-order valence-electron chi connectivity index (χ1n) is 16.5. The van der Waals surface area contributed by atoms with Crippen molar-refractivity contribution < 1.29 is 33.0 Å². The molecule has 10 nitrogen and oxygen atoms in total. The molecule has 2 atom stereocenters. The number of carbonyl (C=O) groups excluding carboxylic acids is 2. The molecular weight excluding hydrogens is 652 g/mol. The molecule has 3 fully saturated rings. The second kappa shape index (κ2) is 10.4. The maximum Gasteiger partial charge on any atom is 0.251 e. The smallest absolute Gasteiger partial charge is 0.251 e. The quantitative estimate of drug-likeness (QED) is 0.175. The van der Waals surface area contributed by atoms with E-state index in [4.69, 9.17) is 20.2 Å². The Labute approximate surface area is 283 Å². The number of hydrogen-bond donors (Lipinski definition) is 3. The van der Waals surface area contributed by atoms with E-state index < -0.39 is 28.6 Å². The molecule has 1 aliphatic heterocycles. The van der Waals surface area contributed by atoms with E-state index in [2.05, 4.69) is 10.4 Å². The number of nitrogens with one attached hydrogen (secondary N) is 1. The van der Waals surface area contributed by atoms with Crippen molar-refractivity contribution in [3.8, 4) is 22.8 Å². The van der Waals surface area contributed by atoms with Crippen molar-refractivity contribution in [2.45, 2.75) is 68.4 Å². The van der Waals surface area contributed by atoms with E-state index in [1.807, 2.05) is 0 Å². The number of rotatable bonds is 10. The fourth-order valence-electron chi connectivity index (χ4n) is 6.75. The first kappa shape index (κ1) is 30.4. The number of thiophene rings is 1. The summed E-state index contributed by atoms with van der Waals surface area (Å²) in [6.45, 7) is 1.49. The predicted octanol–water partition coefficient (Wildman–Crippen LogP) is 5.57. The minimum absolute atomic E-state index is 0.0152. The molecule has 3 aliphatic carbocycles. The van der Waals surface area contributed by atoms with Gasteiger partial charge >= 0.3 is 0 Å². The Hall–Kier alpha value is -4.62. The average molecular weight is 686 g/mol. The summed E-state index contributed by atoms with van der Waals surface area (Å²) in [6.07, 6.45) is 5.59. The molecule has 13 heteroatoms. The van der Waals surface area contributed by atoms with Gasteiger partial charge in [-0.25, -0.2) is 18.4 Å². The first-order chi connectivity index (χ1) is 23.5. The summed E-state index contributed by atoms with van der Waals surface area (Å²) < 4.78 is 43.6. The summed E-state index contributed by atoms with van der Waals surface area (Å²) >= 11 is 1.23. The van der Waals surface area contributed by atoms with Crippen molar-refractivity contribution in [3.63, 3.8) is 0 Å². The molecule has 4 heterocycles. The Balaban J connectivity index is 1.09. The largest absolute Gasteiger partial charge is 0.489 e. The fraction of sp³-hybridized carbons (Fsp3) is 0.389. The summed E-state index contributed by atoms with van der Waals surface area (Å²) in [5.74, 6) is -2.38. The molecule has 9 rings (SSSR count). The first-order valence-corrected chi connectivity index (χ1v) is 17.4. The zero-order valence-corrected chi connectivity index (χ0v) is 27.4. The average Bonchev–Trinajstić information content (AvgIpc) is 4.05. The van der Waals surface area contributed by atoms with Gasteiger partial charge in [-0.15, -0.1) is 11.3 Å². The Morgan fingerprint density at radius 1 is 1.22 bits per heavy atom. The third kappa shape index (κ3) is 4.88. The Kier molecular flexibility index (Phi) is 6.49. The van der Waals surface area contributed by atoms with E-state index in [1.54, 1.807) is 48.8 Å². The van der Waals surface area contributed by atoms with Gasteiger partial charge in [-0.3, -0.25) is 9.59 Å². The van der Waals surface area contributed by atoms with E-state index in [0.29, 0.717) is 75.0 Å². The fourth-order valence-corrected chi connectivity index (χ4v) is 7.71. The van der Waals surface area contributed by atoms with Crippen LogP contribution in [0.4, 0.5) is 8.78 Å². The molecule has 3 aromatic heterocycles. The molecule has 0 unspecified atom stereocenters. The van der Waals surface area contributed by atoms with Crippen molar-refractivity contribution >= 4 is 44.1 Å². The standard InChI is InChI=1S/C36H33F2N5O5S/c1-34(33(39)45)17-47-30-24(34)13-27(41-29(30)23-15-49-31-22(23)3-2-4-25(31)37)36(46,20-5-6-20)16-40-32(44)18-11-19-14-43(35(38)9-10-35)42-28(19)26(12-18)48-21-7-8-21/h2-4,11-15,20-21,46H,5-10,16-17H2,1H3,(H2,39,45)(H,40,44)/t34-,36+/m0/s1. The van der Waals surface area contributed by atoms with Crippen LogP contribution in [0.25, 0.3) is 32.2 Å². The number of primary amides is 1. The normalized spacial score (nSPS) is 22.0. The van der Waals surface area contributed by atoms with Crippen LogP contribution in [0.5, 0.6) is 11.5 Å². The summed E-state index contributed by atoms with van der Waals surface area (Å²) in [5.41, 5.74) is 5.55. The van der Waals surface area contributed by atoms with Gasteiger partial charge in [0.05, 0.1) is 23.0 Å². The highest BCUT2D eigenvalue weighted by Crippen LogP contribution is 2.51. The number of nitrogens with zero attached hydrogens (tertiary/aromatic N) is 3. The highest BCUT2D eigenvalue weighted by Gasteiger charge is 2.50. The van der Waals surface area contributed by atoms with E-state index in [0.717, 1.165) is 12.8 Å². The molecule has 3 saturated carbocycles. The van der Waals surface area contributed by atoms with Crippen LogP contribution in [0.1, 0.15) is 67.1 Å². The maximum atomic E-state index is 14.9. The molecule has 0 radical (unpaired) electrons. The van der Waals surface area contributed by atoms with Crippen molar-refractivity contribution in [3.05, 3.63) is 70.6 Å². The van der Waals surface area contributed by atoms with Crippen molar-refractivity contribution in [1.29, 1.82) is 0 Å². The number of benzene rings is 2. The van der Waals surface area contributed by atoms with Gasteiger partial charge in [0.1, 0.15) is 46.1 Å². The van der Waals surface area contributed by atoms with Gasteiger partial charge in [-0.2, -0.15) is 5.10 Å². The van der Waals surface area contributed by atoms with Crippen LogP contribution in [-0.2, 0) is 21.6 Å². The van der Waals surface area contributed by atoms with Gasteiger partial charge in [0, 0.05) is 51.9 Å². The number of ether oxygens (including phenoxy) is 2. The topological polar surface area (TPSA) is 142 Å². The van der Waals surface area contributed by atoms with Gasteiger partial charge < -0.3 is 25.6 Å². The molecule has 5 aromatic rings. The Morgan fingerprint density at radius 3 is 2.73 bits per heavy atom. The molecule has 0 bridgehead atoms. The minimum atomic E-state index is -1.62. The number of aliphatic hydroxyl groups is 1. The number of hydrogen-bond acceptors (Lipinski definition) is 8. The highest BCUT2D eigenvalue weighted by atomic mass is 32.1. The summed E-state index contributed by atoms with van der Waals surface area (Å²) in [5, 5.41) is 22.8. The van der Waals surface area contributed by atoms with Gasteiger partial charge in [0.2, 0.25) is 11.7 Å². The molecule has 0 saturated heterocycles. The summed E-state index contributed by atoms with van der Waals surface area (Å²) in [6, 6.07) is 9.72. The van der Waals surface area contributed by atoms with Crippen LogP contribution in [-0.4, -0.2) is 50.9 Å². The molecule has 4 N–H and O–H groups in total. The third-order valence-electron chi connectivity index (χ3n) is 10.4. The Morgan fingerprint density at radius 2 is 2.02 bits per heavy atom. The second-order valence-electron chi connectivity index (χ2n) is 14.1. The van der Waals surface area contributed by atoms with E-state index in [1.165, 1.54) is 22.1 Å². The molecule has 252 valence electrons. The lowest BCUT2D eigenvalue weighted by Crippen LogP contribution is -2.44. The van der Waals surface area contributed by atoms with Crippen LogP contribution in [0, 0.1) is 11.7 Å². The van der Waals surface area contributed by atoms with E-state index in [-0.39, 0.29) is 42.2 Å². The number of amides is 2. The van der Waals surface area contributed by atoms with Crippen molar-refractivity contribution in [1.82, 2.24) is 20.1 Å².